The van der Waals surface area contributed by atoms with Crippen LogP contribution in [0.2, 0.25) is 0 Å². The standard InChI is InChI=1S/C15H20BrNO/c1-18-14-6-7-15(16)12(8-14)10-17(13-4-5-13)9-11-2-3-11/h6-8,11,13H,2-5,9-10H2,1H3. The van der Waals surface area contributed by atoms with Gasteiger partial charge in [0.15, 0.2) is 0 Å². The van der Waals surface area contributed by atoms with Crippen molar-refractivity contribution in [1.29, 1.82) is 0 Å². The molecule has 2 saturated carbocycles. The molecule has 2 fully saturated rings. The maximum atomic E-state index is 5.32. The van der Waals surface area contributed by atoms with E-state index in [1.807, 2.05) is 6.07 Å². The van der Waals surface area contributed by atoms with Crippen LogP contribution in [0.4, 0.5) is 0 Å². The van der Waals surface area contributed by atoms with Crippen molar-refractivity contribution in [3.63, 3.8) is 0 Å². The Morgan fingerprint density at radius 2 is 2.06 bits per heavy atom. The van der Waals surface area contributed by atoms with Crippen molar-refractivity contribution < 1.29 is 4.74 Å². The number of ether oxygens (including phenoxy) is 1. The molecule has 0 aliphatic heterocycles. The number of hydrogen-bond acceptors (Lipinski definition) is 2. The van der Waals surface area contributed by atoms with E-state index in [0.717, 1.165) is 24.3 Å². The van der Waals surface area contributed by atoms with Crippen LogP contribution >= 0.6 is 15.9 Å². The molecule has 0 radical (unpaired) electrons. The van der Waals surface area contributed by atoms with Gasteiger partial charge in [0.25, 0.3) is 0 Å². The van der Waals surface area contributed by atoms with Crippen molar-refractivity contribution in [3.8, 4) is 5.75 Å². The highest BCUT2D eigenvalue weighted by atomic mass is 79.9. The van der Waals surface area contributed by atoms with Crippen molar-refractivity contribution in [2.24, 2.45) is 5.92 Å². The van der Waals surface area contributed by atoms with E-state index in [1.165, 1.54) is 42.3 Å². The molecule has 0 unspecified atom stereocenters. The summed E-state index contributed by atoms with van der Waals surface area (Å²) in [5, 5.41) is 0. The lowest BCUT2D eigenvalue weighted by Crippen LogP contribution is -2.28. The van der Waals surface area contributed by atoms with E-state index in [4.69, 9.17) is 4.74 Å². The van der Waals surface area contributed by atoms with Crippen LogP contribution in [0, 0.1) is 5.92 Å². The van der Waals surface area contributed by atoms with Gasteiger partial charge < -0.3 is 4.74 Å². The van der Waals surface area contributed by atoms with E-state index in [-0.39, 0.29) is 0 Å². The SMILES string of the molecule is COc1ccc(Br)c(CN(CC2CC2)C2CC2)c1. The van der Waals surface area contributed by atoms with E-state index in [9.17, 15) is 0 Å². The van der Waals surface area contributed by atoms with E-state index in [1.54, 1.807) is 7.11 Å². The van der Waals surface area contributed by atoms with Crippen molar-refractivity contribution >= 4 is 15.9 Å². The third-order valence-electron chi connectivity index (χ3n) is 3.88. The summed E-state index contributed by atoms with van der Waals surface area (Å²) in [5.41, 5.74) is 1.35. The van der Waals surface area contributed by atoms with Crippen LogP contribution in [0.25, 0.3) is 0 Å². The molecule has 2 aliphatic carbocycles. The molecule has 3 heteroatoms. The van der Waals surface area contributed by atoms with Gasteiger partial charge >= 0.3 is 0 Å². The molecule has 0 spiro atoms. The molecule has 3 rings (SSSR count). The Bertz CT molecular complexity index is 427. The highest BCUT2D eigenvalue weighted by molar-refractivity contribution is 9.10. The second kappa shape index (κ2) is 5.22. The van der Waals surface area contributed by atoms with Gasteiger partial charge in [-0.1, -0.05) is 15.9 Å². The molecular weight excluding hydrogens is 290 g/mol. The molecule has 2 nitrogen and oxygen atoms in total. The third kappa shape index (κ3) is 3.07. The first-order valence-electron chi connectivity index (χ1n) is 6.82. The molecule has 0 atom stereocenters. The molecule has 1 aromatic carbocycles. The third-order valence-corrected chi connectivity index (χ3v) is 4.65. The van der Waals surface area contributed by atoms with Gasteiger partial charge in [-0.15, -0.1) is 0 Å². The topological polar surface area (TPSA) is 12.5 Å². The molecule has 1 aromatic rings. The predicted octanol–water partition coefficient (Wildman–Crippen LogP) is 3.83. The smallest absolute Gasteiger partial charge is 0.119 e. The average molecular weight is 310 g/mol. The number of rotatable bonds is 6. The number of hydrogen-bond donors (Lipinski definition) is 0. The molecule has 18 heavy (non-hydrogen) atoms. The molecule has 0 bridgehead atoms. The summed E-state index contributed by atoms with van der Waals surface area (Å²) in [7, 11) is 1.73. The fraction of sp³-hybridized carbons (Fsp3) is 0.600. The quantitative estimate of drug-likeness (QED) is 0.792. The highest BCUT2D eigenvalue weighted by Gasteiger charge is 2.33. The normalized spacial score (nSPS) is 19.3. The molecule has 0 amide bonds. The van der Waals surface area contributed by atoms with E-state index in [0.29, 0.717) is 0 Å². The van der Waals surface area contributed by atoms with Crippen LogP contribution in [0.15, 0.2) is 22.7 Å². The molecule has 0 N–H and O–H groups in total. The van der Waals surface area contributed by atoms with Crippen LogP contribution < -0.4 is 4.74 Å². The Morgan fingerprint density at radius 1 is 1.28 bits per heavy atom. The number of nitrogens with zero attached hydrogens (tertiary/aromatic N) is 1. The lowest BCUT2D eigenvalue weighted by Gasteiger charge is -2.22. The zero-order valence-corrected chi connectivity index (χ0v) is 12.4. The van der Waals surface area contributed by atoms with E-state index in [2.05, 4.69) is 33.0 Å². The monoisotopic (exact) mass is 309 g/mol. The summed E-state index contributed by atoms with van der Waals surface area (Å²) in [6.45, 7) is 2.34. The summed E-state index contributed by atoms with van der Waals surface area (Å²) in [4.78, 5) is 2.66. The van der Waals surface area contributed by atoms with Crippen LogP contribution in [-0.2, 0) is 6.54 Å². The molecule has 0 saturated heterocycles. The Hall–Kier alpha value is -0.540. The zero-order chi connectivity index (χ0) is 12.5. The van der Waals surface area contributed by atoms with Crippen molar-refractivity contribution in [2.75, 3.05) is 13.7 Å². The first-order chi connectivity index (χ1) is 8.76. The minimum Gasteiger partial charge on any atom is -0.497 e. The number of halogens is 1. The maximum Gasteiger partial charge on any atom is 0.119 e. The van der Waals surface area contributed by atoms with Crippen LogP contribution in [0.3, 0.4) is 0 Å². The highest BCUT2D eigenvalue weighted by Crippen LogP contribution is 2.36. The minimum atomic E-state index is 0.837. The lowest BCUT2D eigenvalue weighted by atomic mass is 10.2. The van der Waals surface area contributed by atoms with Crippen LogP contribution in [-0.4, -0.2) is 24.6 Å². The molecule has 0 aromatic heterocycles. The van der Waals surface area contributed by atoms with Crippen molar-refractivity contribution in [1.82, 2.24) is 4.90 Å². The molecule has 98 valence electrons. The van der Waals surface area contributed by atoms with E-state index < -0.39 is 0 Å². The van der Waals surface area contributed by atoms with Gasteiger partial charge in [0.05, 0.1) is 7.11 Å². The summed E-state index contributed by atoms with van der Waals surface area (Å²) in [6, 6.07) is 7.10. The first kappa shape index (κ1) is 12.5. The van der Waals surface area contributed by atoms with Gasteiger partial charge in [-0.3, -0.25) is 4.90 Å². The van der Waals surface area contributed by atoms with Crippen molar-refractivity contribution in [3.05, 3.63) is 28.2 Å². The van der Waals surface area contributed by atoms with E-state index >= 15 is 0 Å². The Labute approximate surface area is 117 Å². The molecular formula is C15H20BrNO. The summed E-state index contributed by atoms with van der Waals surface area (Å²) in [6.07, 6.45) is 5.63. The van der Waals surface area contributed by atoms with Gasteiger partial charge in [-0.2, -0.15) is 0 Å². The molecule has 2 aliphatic rings. The second-order valence-corrected chi connectivity index (χ2v) is 6.42. The van der Waals surface area contributed by atoms with Crippen LogP contribution in [0.5, 0.6) is 5.75 Å². The second-order valence-electron chi connectivity index (χ2n) is 5.56. The zero-order valence-electron chi connectivity index (χ0n) is 10.9. The van der Waals surface area contributed by atoms with Gasteiger partial charge in [-0.05, 0) is 55.4 Å². The van der Waals surface area contributed by atoms with Gasteiger partial charge in [0, 0.05) is 23.6 Å². The Morgan fingerprint density at radius 3 is 2.67 bits per heavy atom. The summed E-state index contributed by atoms with van der Waals surface area (Å²) in [5.74, 6) is 1.92. The predicted molar refractivity (Wildman–Crippen MR) is 76.9 cm³/mol. The number of benzene rings is 1. The minimum absolute atomic E-state index is 0.837. The van der Waals surface area contributed by atoms with Gasteiger partial charge in [-0.25, -0.2) is 0 Å². The summed E-state index contributed by atoms with van der Waals surface area (Å²) >= 11 is 3.66. The largest absolute Gasteiger partial charge is 0.497 e. The van der Waals surface area contributed by atoms with Crippen molar-refractivity contribution in [2.45, 2.75) is 38.3 Å². The Kier molecular flexibility index (Phi) is 3.62. The molecule has 0 heterocycles. The van der Waals surface area contributed by atoms with Gasteiger partial charge in [0.2, 0.25) is 0 Å². The fourth-order valence-electron chi connectivity index (χ4n) is 2.43. The van der Waals surface area contributed by atoms with Gasteiger partial charge in [0.1, 0.15) is 5.75 Å². The fourth-order valence-corrected chi connectivity index (χ4v) is 2.80. The number of methoxy groups -OCH3 is 1. The first-order valence-corrected chi connectivity index (χ1v) is 7.62. The maximum absolute atomic E-state index is 5.32. The Balaban J connectivity index is 1.71. The average Bonchev–Trinajstić information content (AvgIpc) is 3.24. The lowest BCUT2D eigenvalue weighted by molar-refractivity contribution is 0.243. The summed E-state index contributed by atoms with van der Waals surface area (Å²) < 4.78 is 6.52. The van der Waals surface area contributed by atoms with Crippen LogP contribution in [0.1, 0.15) is 31.2 Å².